The number of amides is 1. The molecule has 1 aliphatic rings. The van der Waals surface area contributed by atoms with Crippen LogP contribution in [0.15, 0.2) is 42.7 Å². The van der Waals surface area contributed by atoms with Gasteiger partial charge in [0, 0.05) is 30.9 Å². The Morgan fingerprint density at radius 2 is 1.91 bits per heavy atom. The van der Waals surface area contributed by atoms with E-state index in [1.54, 1.807) is 18.5 Å². The number of hydrogen-bond donors (Lipinski definition) is 1. The molecule has 1 atom stereocenters. The molecule has 0 aliphatic carbocycles. The van der Waals surface area contributed by atoms with Crippen LogP contribution >= 0.6 is 0 Å². The highest BCUT2D eigenvalue weighted by atomic mass is 19.1. The van der Waals surface area contributed by atoms with E-state index in [4.69, 9.17) is 0 Å². The second-order valence-electron chi connectivity index (χ2n) is 5.14. The molecule has 6 heteroatoms. The molecule has 1 aliphatic heterocycles. The average Bonchev–Trinajstić information content (AvgIpc) is 2.53. The number of pyridine rings is 1. The highest BCUT2D eigenvalue weighted by Gasteiger charge is 2.35. The lowest BCUT2D eigenvalue weighted by Gasteiger charge is -2.34. The number of carbonyl (C=O) groups excluding carboxylic acids is 1. The van der Waals surface area contributed by atoms with Crippen LogP contribution < -0.4 is 0 Å². The number of rotatable bonds is 2. The summed E-state index contributed by atoms with van der Waals surface area (Å²) < 4.78 is 13.0. The molecular formula is C16H13FN2O3. The number of hydrogen-bond acceptors (Lipinski definition) is 3. The standard InChI is InChI=1S/C16H13FN2O3/c17-13-3-1-10(2-4-13)15(20)19-9-11-5-6-18-8-12(11)7-14(19)16(21)22/h1-6,8,14H,7,9H2,(H,21,22). The second kappa shape index (κ2) is 5.55. The van der Waals surface area contributed by atoms with Crippen molar-refractivity contribution in [2.45, 2.75) is 19.0 Å². The van der Waals surface area contributed by atoms with Crippen LogP contribution in [0.4, 0.5) is 4.39 Å². The van der Waals surface area contributed by atoms with Crippen LogP contribution in [0.25, 0.3) is 0 Å². The zero-order valence-electron chi connectivity index (χ0n) is 11.6. The molecular weight excluding hydrogens is 287 g/mol. The number of aliphatic carboxylic acids is 1. The van der Waals surface area contributed by atoms with Crippen molar-refractivity contribution in [3.8, 4) is 0 Å². The maximum absolute atomic E-state index is 13.0. The summed E-state index contributed by atoms with van der Waals surface area (Å²) in [6.45, 7) is 0.199. The molecule has 3 rings (SSSR count). The Morgan fingerprint density at radius 3 is 2.59 bits per heavy atom. The lowest BCUT2D eigenvalue weighted by atomic mass is 9.95. The molecule has 1 aromatic carbocycles. The molecule has 0 fully saturated rings. The first-order valence-electron chi connectivity index (χ1n) is 6.77. The first-order valence-corrected chi connectivity index (χ1v) is 6.77. The Labute approximate surface area is 126 Å². The summed E-state index contributed by atoms with van der Waals surface area (Å²) in [6.07, 6.45) is 3.46. The molecule has 112 valence electrons. The van der Waals surface area contributed by atoms with Crippen molar-refractivity contribution >= 4 is 11.9 Å². The van der Waals surface area contributed by atoms with Crippen LogP contribution in [0.1, 0.15) is 21.5 Å². The number of fused-ring (bicyclic) bond motifs is 1. The van der Waals surface area contributed by atoms with Gasteiger partial charge in [0.05, 0.1) is 0 Å². The smallest absolute Gasteiger partial charge is 0.326 e. The fourth-order valence-electron chi connectivity index (χ4n) is 2.60. The number of carboxylic acids is 1. The van der Waals surface area contributed by atoms with Crippen LogP contribution in [0.3, 0.4) is 0 Å². The van der Waals surface area contributed by atoms with Crippen molar-refractivity contribution in [3.63, 3.8) is 0 Å². The van der Waals surface area contributed by atoms with E-state index in [-0.39, 0.29) is 18.5 Å². The van der Waals surface area contributed by atoms with E-state index in [0.717, 1.165) is 11.1 Å². The van der Waals surface area contributed by atoms with Gasteiger partial charge in [0.1, 0.15) is 11.9 Å². The molecule has 1 unspecified atom stereocenters. The van der Waals surface area contributed by atoms with Crippen LogP contribution in [-0.4, -0.2) is 32.9 Å². The molecule has 0 bridgehead atoms. The summed E-state index contributed by atoms with van der Waals surface area (Å²) in [5.74, 6) is -1.93. The number of carboxylic acid groups (broad SMARTS) is 1. The van der Waals surface area contributed by atoms with Gasteiger partial charge in [-0.05, 0) is 41.5 Å². The fourth-order valence-corrected chi connectivity index (χ4v) is 2.60. The molecule has 1 N–H and O–H groups in total. The van der Waals surface area contributed by atoms with Crippen molar-refractivity contribution in [1.29, 1.82) is 0 Å². The molecule has 1 aromatic heterocycles. The Bertz CT molecular complexity index is 730. The average molecular weight is 300 g/mol. The van der Waals surface area contributed by atoms with Crippen molar-refractivity contribution in [2.75, 3.05) is 0 Å². The fraction of sp³-hybridized carbons (Fsp3) is 0.188. The van der Waals surface area contributed by atoms with Gasteiger partial charge in [-0.25, -0.2) is 9.18 Å². The van der Waals surface area contributed by atoms with Gasteiger partial charge in [-0.15, -0.1) is 0 Å². The summed E-state index contributed by atoms with van der Waals surface area (Å²) in [4.78, 5) is 29.3. The summed E-state index contributed by atoms with van der Waals surface area (Å²) in [6, 6.07) is 5.92. The third-order valence-corrected chi connectivity index (χ3v) is 3.77. The third-order valence-electron chi connectivity index (χ3n) is 3.77. The Hall–Kier alpha value is -2.76. The predicted octanol–water partition coefficient (Wildman–Crippen LogP) is 1.87. The summed E-state index contributed by atoms with van der Waals surface area (Å²) in [5, 5.41) is 9.40. The highest BCUT2D eigenvalue weighted by Crippen LogP contribution is 2.24. The van der Waals surface area contributed by atoms with Crippen molar-refractivity contribution in [1.82, 2.24) is 9.88 Å². The maximum atomic E-state index is 13.0. The van der Waals surface area contributed by atoms with Crippen LogP contribution in [0.2, 0.25) is 0 Å². The van der Waals surface area contributed by atoms with Gasteiger partial charge in [-0.1, -0.05) is 0 Å². The number of benzene rings is 1. The number of halogens is 1. The highest BCUT2D eigenvalue weighted by molar-refractivity contribution is 5.96. The minimum atomic E-state index is -1.06. The first-order chi connectivity index (χ1) is 10.6. The molecule has 0 radical (unpaired) electrons. The number of aromatic nitrogens is 1. The quantitative estimate of drug-likeness (QED) is 0.919. The third kappa shape index (κ3) is 2.55. The van der Waals surface area contributed by atoms with Gasteiger partial charge in [-0.2, -0.15) is 0 Å². The predicted molar refractivity (Wildman–Crippen MR) is 75.6 cm³/mol. The molecule has 0 saturated carbocycles. The van der Waals surface area contributed by atoms with Crippen LogP contribution in [0.5, 0.6) is 0 Å². The SMILES string of the molecule is O=C(O)C1Cc2cnccc2CN1C(=O)c1ccc(F)cc1. The van der Waals surface area contributed by atoms with Crippen molar-refractivity contribution in [2.24, 2.45) is 0 Å². The maximum Gasteiger partial charge on any atom is 0.326 e. The second-order valence-corrected chi connectivity index (χ2v) is 5.14. The zero-order chi connectivity index (χ0) is 15.7. The van der Waals surface area contributed by atoms with E-state index in [1.807, 2.05) is 0 Å². The van der Waals surface area contributed by atoms with E-state index in [1.165, 1.54) is 29.2 Å². The Balaban J connectivity index is 1.95. The molecule has 2 aromatic rings. The molecule has 2 heterocycles. The van der Waals surface area contributed by atoms with E-state index in [0.29, 0.717) is 0 Å². The molecule has 0 spiro atoms. The van der Waals surface area contributed by atoms with E-state index in [2.05, 4.69) is 4.98 Å². The largest absolute Gasteiger partial charge is 0.480 e. The van der Waals surface area contributed by atoms with Gasteiger partial charge in [0.15, 0.2) is 0 Å². The summed E-state index contributed by atoms with van der Waals surface area (Å²) in [7, 11) is 0. The lowest BCUT2D eigenvalue weighted by Crippen LogP contribution is -2.48. The van der Waals surface area contributed by atoms with E-state index in [9.17, 15) is 19.1 Å². The normalized spacial score (nSPS) is 17.0. The molecule has 1 amide bonds. The van der Waals surface area contributed by atoms with Crippen LogP contribution in [-0.2, 0) is 17.8 Å². The molecule has 0 saturated heterocycles. The number of carbonyl (C=O) groups is 2. The summed E-state index contributed by atoms with van der Waals surface area (Å²) in [5.41, 5.74) is 1.98. The van der Waals surface area contributed by atoms with Crippen molar-refractivity contribution in [3.05, 3.63) is 65.2 Å². The summed E-state index contributed by atoms with van der Waals surface area (Å²) >= 11 is 0. The van der Waals surface area contributed by atoms with Gasteiger partial charge in [-0.3, -0.25) is 9.78 Å². The molecule has 22 heavy (non-hydrogen) atoms. The van der Waals surface area contributed by atoms with E-state index < -0.39 is 23.7 Å². The van der Waals surface area contributed by atoms with Gasteiger partial charge < -0.3 is 10.0 Å². The minimum absolute atomic E-state index is 0.199. The van der Waals surface area contributed by atoms with Gasteiger partial charge >= 0.3 is 5.97 Å². The monoisotopic (exact) mass is 300 g/mol. The first kappa shape index (κ1) is 14.2. The van der Waals surface area contributed by atoms with Gasteiger partial charge in [0.25, 0.3) is 5.91 Å². The van der Waals surface area contributed by atoms with Crippen molar-refractivity contribution < 1.29 is 19.1 Å². The Morgan fingerprint density at radius 1 is 1.18 bits per heavy atom. The zero-order valence-corrected chi connectivity index (χ0v) is 11.6. The van der Waals surface area contributed by atoms with E-state index >= 15 is 0 Å². The topological polar surface area (TPSA) is 70.5 Å². The Kier molecular flexibility index (Phi) is 3.58. The minimum Gasteiger partial charge on any atom is -0.480 e. The number of nitrogens with zero attached hydrogens (tertiary/aromatic N) is 2. The molecule has 5 nitrogen and oxygen atoms in total. The lowest BCUT2D eigenvalue weighted by molar-refractivity contribution is -0.142. The van der Waals surface area contributed by atoms with Gasteiger partial charge in [0.2, 0.25) is 0 Å². The van der Waals surface area contributed by atoms with Crippen LogP contribution in [0, 0.1) is 5.82 Å².